The highest BCUT2D eigenvalue weighted by Crippen LogP contribution is 2.35. The van der Waals surface area contributed by atoms with Gasteiger partial charge in [-0.05, 0) is 73.5 Å². The SMILES string of the molecule is Fc1ccc(-c2ccnc3[nH]c(-c4n[nH]c5ccc(-c6cncc(CN7CCCC7)c6)c(F)c45)nc23)cc1. The number of rotatable bonds is 5. The average Bonchev–Trinajstić information content (AvgIpc) is 3.69. The average molecular weight is 508 g/mol. The third-order valence-corrected chi connectivity index (χ3v) is 7.14. The Morgan fingerprint density at radius 3 is 2.58 bits per heavy atom. The molecule has 1 aliphatic heterocycles. The summed E-state index contributed by atoms with van der Waals surface area (Å²) in [6.45, 7) is 2.97. The van der Waals surface area contributed by atoms with Crippen LogP contribution >= 0.6 is 0 Å². The van der Waals surface area contributed by atoms with Gasteiger partial charge in [0.15, 0.2) is 11.5 Å². The van der Waals surface area contributed by atoms with Crippen molar-refractivity contribution >= 4 is 22.1 Å². The molecule has 0 aliphatic carbocycles. The number of hydrogen-bond acceptors (Lipinski definition) is 5. The molecule has 9 heteroatoms. The molecule has 188 valence electrons. The van der Waals surface area contributed by atoms with Crippen LogP contribution in [0.15, 0.2) is 67.1 Å². The van der Waals surface area contributed by atoms with E-state index < -0.39 is 5.82 Å². The zero-order valence-electron chi connectivity index (χ0n) is 20.4. The van der Waals surface area contributed by atoms with E-state index in [1.54, 1.807) is 30.6 Å². The van der Waals surface area contributed by atoms with E-state index in [9.17, 15) is 4.39 Å². The second kappa shape index (κ2) is 9.11. The lowest BCUT2D eigenvalue weighted by atomic mass is 10.0. The number of aromatic nitrogens is 6. The maximum atomic E-state index is 16.1. The lowest BCUT2D eigenvalue weighted by Gasteiger charge is -2.15. The second-order valence-electron chi connectivity index (χ2n) is 9.64. The molecule has 7 rings (SSSR count). The highest BCUT2D eigenvalue weighted by atomic mass is 19.1. The molecule has 5 heterocycles. The summed E-state index contributed by atoms with van der Waals surface area (Å²) in [4.78, 5) is 19.1. The number of H-pyrrole nitrogens is 2. The minimum atomic E-state index is -0.390. The van der Waals surface area contributed by atoms with Gasteiger partial charge >= 0.3 is 0 Å². The van der Waals surface area contributed by atoms with E-state index >= 15 is 4.39 Å². The molecule has 0 radical (unpaired) electrons. The third kappa shape index (κ3) is 3.92. The molecule has 0 atom stereocenters. The van der Waals surface area contributed by atoms with Gasteiger partial charge in [0.25, 0.3) is 0 Å². The monoisotopic (exact) mass is 507 g/mol. The Kier molecular flexibility index (Phi) is 5.44. The van der Waals surface area contributed by atoms with Crippen LogP contribution in [0.5, 0.6) is 0 Å². The summed E-state index contributed by atoms with van der Waals surface area (Å²) < 4.78 is 29.6. The van der Waals surface area contributed by atoms with Gasteiger partial charge in [-0.1, -0.05) is 12.1 Å². The molecule has 1 saturated heterocycles. The van der Waals surface area contributed by atoms with Crippen LogP contribution in [0.1, 0.15) is 18.4 Å². The van der Waals surface area contributed by atoms with Gasteiger partial charge in [0.05, 0.1) is 10.9 Å². The largest absolute Gasteiger partial charge is 0.321 e. The summed E-state index contributed by atoms with van der Waals surface area (Å²) in [6, 6.07) is 13.6. The molecule has 0 spiro atoms. The van der Waals surface area contributed by atoms with Crippen LogP contribution in [0.2, 0.25) is 0 Å². The van der Waals surface area contributed by atoms with E-state index in [4.69, 9.17) is 4.98 Å². The van der Waals surface area contributed by atoms with Gasteiger partial charge in [-0.25, -0.2) is 18.7 Å². The van der Waals surface area contributed by atoms with Crippen molar-refractivity contribution in [1.29, 1.82) is 0 Å². The highest BCUT2D eigenvalue weighted by molar-refractivity contribution is 5.98. The lowest BCUT2D eigenvalue weighted by molar-refractivity contribution is 0.331. The van der Waals surface area contributed by atoms with Crippen LogP contribution in [0.25, 0.3) is 55.8 Å². The molecule has 0 unspecified atom stereocenters. The number of pyridine rings is 2. The first-order valence-corrected chi connectivity index (χ1v) is 12.6. The van der Waals surface area contributed by atoms with E-state index in [0.29, 0.717) is 39.1 Å². The maximum absolute atomic E-state index is 16.1. The lowest BCUT2D eigenvalue weighted by Crippen LogP contribution is -2.18. The molecule has 0 bridgehead atoms. The zero-order chi connectivity index (χ0) is 25.6. The van der Waals surface area contributed by atoms with Crippen LogP contribution < -0.4 is 0 Å². The van der Waals surface area contributed by atoms with E-state index in [2.05, 4.69) is 30.0 Å². The summed E-state index contributed by atoms with van der Waals surface area (Å²) in [5.74, 6) is -0.309. The van der Waals surface area contributed by atoms with Crippen molar-refractivity contribution in [1.82, 2.24) is 35.0 Å². The number of halogens is 2. The number of imidazole rings is 1. The molecular weight excluding hydrogens is 484 g/mol. The van der Waals surface area contributed by atoms with Crippen molar-refractivity contribution in [2.75, 3.05) is 13.1 Å². The Bertz CT molecular complexity index is 1780. The van der Waals surface area contributed by atoms with Gasteiger partial charge in [0, 0.05) is 41.8 Å². The molecule has 1 fully saturated rings. The fourth-order valence-electron chi connectivity index (χ4n) is 5.27. The van der Waals surface area contributed by atoms with Crippen LogP contribution in [-0.4, -0.2) is 48.1 Å². The van der Waals surface area contributed by atoms with Crippen LogP contribution in [-0.2, 0) is 6.54 Å². The number of likely N-dealkylation sites (tertiary alicyclic amines) is 1. The number of benzene rings is 2. The summed E-state index contributed by atoms with van der Waals surface area (Å²) in [6.07, 6.45) is 7.63. The second-order valence-corrected chi connectivity index (χ2v) is 9.64. The minimum absolute atomic E-state index is 0.312. The Labute approximate surface area is 216 Å². The molecule has 2 N–H and O–H groups in total. The minimum Gasteiger partial charge on any atom is -0.321 e. The van der Waals surface area contributed by atoms with Crippen molar-refractivity contribution < 1.29 is 8.78 Å². The molecule has 4 aromatic heterocycles. The summed E-state index contributed by atoms with van der Waals surface area (Å²) in [5.41, 5.74) is 5.90. The first-order valence-electron chi connectivity index (χ1n) is 12.6. The van der Waals surface area contributed by atoms with Gasteiger partial charge in [0.2, 0.25) is 0 Å². The van der Waals surface area contributed by atoms with Gasteiger partial charge in [-0.15, -0.1) is 0 Å². The van der Waals surface area contributed by atoms with Crippen LogP contribution in [0.4, 0.5) is 8.78 Å². The molecule has 0 saturated carbocycles. The topological polar surface area (TPSA) is 86.4 Å². The molecule has 2 aromatic carbocycles. The molecule has 0 amide bonds. The Balaban J connectivity index is 1.31. The number of fused-ring (bicyclic) bond motifs is 2. The zero-order valence-corrected chi connectivity index (χ0v) is 20.4. The predicted molar refractivity (Wildman–Crippen MR) is 142 cm³/mol. The van der Waals surface area contributed by atoms with Gasteiger partial charge in [-0.3, -0.25) is 15.0 Å². The number of nitrogens with one attached hydrogen (secondary N) is 2. The molecular formula is C29H23F2N7. The van der Waals surface area contributed by atoms with Crippen LogP contribution in [0, 0.1) is 11.6 Å². The molecule has 1 aliphatic rings. The molecule has 6 aromatic rings. The summed E-state index contributed by atoms with van der Waals surface area (Å²) >= 11 is 0. The molecule has 7 nitrogen and oxygen atoms in total. The van der Waals surface area contributed by atoms with Crippen molar-refractivity contribution in [3.63, 3.8) is 0 Å². The first kappa shape index (κ1) is 22.7. The van der Waals surface area contributed by atoms with E-state index in [-0.39, 0.29) is 5.82 Å². The predicted octanol–water partition coefficient (Wildman–Crippen LogP) is 6.10. The van der Waals surface area contributed by atoms with E-state index in [1.165, 1.54) is 25.0 Å². The smallest absolute Gasteiger partial charge is 0.161 e. The van der Waals surface area contributed by atoms with Crippen LogP contribution in [0.3, 0.4) is 0 Å². The number of nitrogens with zero attached hydrogens (tertiary/aromatic N) is 5. The van der Waals surface area contributed by atoms with Crippen molar-refractivity contribution in [2.45, 2.75) is 19.4 Å². The van der Waals surface area contributed by atoms with E-state index in [0.717, 1.165) is 41.9 Å². The van der Waals surface area contributed by atoms with Gasteiger partial charge < -0.3 is 4.98 Å². The van der Waals surface area contributed by atoms with E-state index in [1.807, 2.05) is 24.4 Å². The normalized spacial score (nSPS) is 14.2. The Hall–Kier alpha value is -4.50. The standard InChI is InChI=1S/C29H23F2N7/c30-20-5-3-18(4-6-20)22-9-10-33-28-26(22)34-29(35-28)27-24-23(36-37-27)8-7-21(25(24)31)19-13-17(14-32-15-19)16-38-11-1-2-12-38/h3-10,13-15H,1-2,11-12,16H2,(H,36,37)(H,33,34,35). The van der Waals surface area contributed by atoms with Crippen molar-refractivity contribution in [3.8, 4) is 33.8 Å². The first-order chi connectivity index (χ1) is 18.6. The van der Waals surface area contributed by atoms with Crippen molar-refractivity contribution in [3.05, 3.63) is 84.3 Å². The fourth-order valence-corrected chi connectivity index (χ4v) is 5.27. The Morgan fingerprint density at radius 1 is 0.895 bits per heavy atom. The Morgan fingerprint density at radius 2 is 1.74 bits per heavy atom. The van der Waals surface area contributed by atoms with Gasteiger partial charge in [-0.2, -0.15) is 5.10 Å². The fraction of sp³-hybridized carbons (Fsp3) is 0.172. The summed E-state index contributed by atoms with van der Waals surface area (Å²) in [7, 11) is 0. The number of aromatic amines is 2. The highest BCUT2D eigenvalue weighted by Gasteiger charge is 2.21. The number of hydrogen-bond donors (Lipinski definition) is 2. The molecule has 38 heavy (non-hydrogen) atoms. The quantitative estimate of drug-likeness (QED) is 0.294. The van der Waals surface area contributed by atoms with Gasteiger partial charge in [0.1, 0.15) is 22.8 Å². The summed E-state index contributed by atoms with van der Waals surface area (Å²) in [5, 5.41) is 7.67. The van der Waals surface area contributed by atoms with Crippen molar-refractivity contribution in [2.24, 2.45) is 0 Å². The maximum Gasteiger partial charge on any atom is 0.161 e. The third-order valence-electron chi connectivity index (χ3n) is 7.14.